The molecule has 0 aliphatic carbocycles. The van der Waals surface area contributed by atoms with Gasteiger partial charge in [0.2, 0.25) is 0 Å². The summed E-state index contributed by atoms with van der Waals surface area (Å²) in [7, 11) is -5.83. The number of rotatable bonds is 3. The zero-order valence-electron chi connectivity index (χ0n) is 11.8. The lowest BCUT2D eigenvalue weighted by atomic mass is 10.4. The highest BCUT2D eigenvalue weighted by Crippen LogP contribution is 2.23. The molecule has 0 aliphatic heterocycles. The van der Waals surface area contributed by atoms with Gasteiger partial charge in [-0.2, -0.15) is 21.6 Å². The molecule has 0 spiro atoms. The average molecular weight is 363 g/mol. The van der Waals surface area contributed by atoms with Gasteiger partial charge in [-0.15, -0.1) is 0 Å². The van der Waals surface area contributed by atoms with Crippen LogP contribution < -0.4 is 0 Å². The molecule has 3 nitrogen and oxygen atoms in total. The van der Waals surface area contributed by atoms with E-state index in [0.717, 1.165) is 0 Å². The first kappa shape index (κ1) is 19.3. The van der Waals surface area contributed by atoms with Crippen molar-refractivity contribution >= 4 is 21.0 Å². The molecule has 8 heteroatoms. The van der Waals surface area contributed by atoms with Gasteiger partial charge in [0.05, 0.1) is 10.9 Å². The van der Waals surface area contributed by atoms with Gasteiger partial charge in [-0.25, -0.2) is 0 Å². The summed E-state index contributed by atoms with van der Waals surface area (Å²) in [6, 6.07) is 21.0. The van der Waals surface area contributed by atoms with E-state index in [9.17, 15) is 13.2 Å². The van der Waals surface area contributed by atoms with Crippen LogP contribution in [0.3, 0.4) is 0 Å². The fourth-order valence-corrected chi connectivity index (χ4v) is 3.02. The van der Waals surface area contributed by atoms with Crippen LogP contribution in [0.4, 0.5) is 13.2 Å². The second kappa shape index (κ2) is 8.19. The van der Waals surface area contributed by atoms with Gasteiger partial charge in [0.1, 0.15) is 5.41 Å². The third-order valence-electron chi connectivity index (χ3n) is 2.45. The minimum absolute atomic E-state index is 0.00568. The van der Waals surface area contributed by atoms with Crippen LogP contribution in [-0.2, 0) is 21.0 Å². The number of halogens is 3. The Morgan fingerprint density at radius 1 is 0.913 bits per heavy atom. The highest BCUT2D eigenvalue weighted by atomic mass is 32.2. The molecule has 0 heterocycles. The SMILES string of the molecule is C=C[S+](c1ccccc1)c1ccccc1.O=S(=O)(O)C(F)(F)F. The van der Waals surface area contributed by atoms with Gasteiger partial charge in [0.25, 0.3) is 0 Å². The van der Waals surface area contributed by atoms with Crippen LogP contribution in [0.1, 0.15) is 0 Å². The molecule has 23 heavy (non-hydrogen) atoms. The molecule has 124 valence electrons. The Bertz CT molecular complexity index is 675. The summed E-state index contributed by atoms with van der Waals surface area (Å²) in [5.74, 6) is 0. The number of benzene rings is 2. The molecular formula is C15H14F3O3S2+. The lowest BCUT2D eigenvalue weighted by molar-refractivity contribution is -0.0510. The monoisotopic (exact) mass is 363 g/mol. The minimum atomic E-state index is -5.84. The maximum absolute atomic E-state index is 10.7. The fourth-order valence-electron chi connectivity index (χ4n) is 1.46. The van der Waals surface area contributed by atoms with Crippen molar-refractivity contribution in [2.75, 3.05) is 0 Å². The summed E-state index contributed by atoms with van der Waals surface area (Å²) >= 11 is 0. The summed E-state index contributed by atoms with van der Waals surface area (Å²) in [6.07, 6.45) is 0. The first-order valence-corrected chi connectivity index (χ1v) is 8.89. The van der Waals surface area contributed by atoms with Crippen LogP contribution >= 0.6 is 0 Å². The molecule has 0 unspecified atom stereocenters. The Balaban J connectivity index is 0.000000284. The van der Waals surface area contributed by atoms with Crippen LogP contribution in [0.2, 0.25) is 0 Å². The normalized spacial score (nSPS) is 11.5. The number of hydrogen-bond acceptors (Lipinski definition) is 2. The van der Waals surface area contributed by atoms with E-state index in [-0.39, 0.29) is 10.9 Å². The molecule has 0 saturated carbocycles. The fraction of sp³-hybridized carbons (Fsp3) is 0.0667. The molecule has 2 rings (SSSR count). The van der Waals surface area contributed by atoms with Crippen LogP contribution in [-0.4, -0.2) is 18.5 Å². The molecule has 0 saturated heterocycles. The number of alkyl halides is 3. The van der Waals surface area contributed by atoms with Crippen molar-refractivity contribution < 1.29 is 26.1 Å². The summed E-state index contributed by atoms with van der Waals surface area (Å²) in [4.78, 5) is 2.64. The lowest BCUT2D eigenvalue weighted by Gasteiger charge is -2.01. The lowest BCUT2D eigenvalue weighted by Crippen LogP contribution is -2.21. The maximum atomic E-state index is 10.7. The van der Waals surface area contributed by atoms with E-state index < -0.39 is 15.6 Å². The second-order valence-electron chi connectivity index (χ2n) is 4.05. The van der Waals surface area contributed by atoms with Crippen molar-refractivity contribution in [3.05, 3.63) is 72.7 Å². The van der Waals surface area contributed by atoms with Crippen LogP contribution in [0.25, 0.3) is 0 Å². The summed E-state index contributed by atoms with van der Waals surface area (Å²) in [5, 5.41) is 2.02. The smallest absolute Gasteiger partial charge is 0.279 e. The summed E-state index contributed by atoms with van der Waals surface area (Å²) < 4.78 is 57.5. The standard InChI is InChI=1S/C14H13S.CHF3O3S/c1-2-15(13-9-5-3-6-10-13)14-11-7-4-8-12-14;2-1(3,4)8(5,6)7/h2-12H,1H2;(H,5,6,7)/q+1;. The average Bonchev–Trinajstić information content (AvgIpc) is 2.49. The van der Waals surface area contributed by atoms with Crippen molar-refractivity contribution in [1.82, 2.24) is 0 Å². The van der Waals surface area contributed by atoms with E-state index in [1.165, 1.54) is 9.79 Å². The topological polar surface area (TPSA) is 54.4 Å². The minimum Gasteiger partial charge on any atom is -0.279 e. The quantitative estimate of drug-likeness (QED) is 0.504. The third-order valence-corrected chi connectivity index (χ3v) is 4.93. The molecule has 0 radical (unpaired) electrons. The predicted octanol–water partition coefficient (Wildman–Crippen LogP) is 4.26. The van der Waals surface area contributed by atoms with E-state index in [1.807, 2.05) is 17.5 Å². The van der Waals surface area contributed by atoms with Gasteiger partial charge in [-0.3, -0.25) is 4.55 Å². The Kier molecular flexibility index (Phi) is 6.86. The van der Waals surface area contributed by atoms with Gasteiger partial charge in [-0.05, 0) is 24.3 Å². The first-order chi connectivity index (χ1) is 10.7. The Labute approximate surface area is 135 Å². The van der Waals surface area contributed by atoms with E-state index in [0.29, 0.717) is 0 Å². The Morgan fingerprint density at radius 2 is 1.22 bits per heavy atom. The van der Waals surface area contributed by atoms with Crippen molar-refractivity contribution in [2.45, 2.75) is 15.3 Å². The zero-order valence-corrected chi connectivity index (χ0v) is 13.4. The van der Waals surface area contributed by atoms with Crippen LogP contribution in [0.15, 0.2) is 82.4 Å². The highest BCUT2D eigenvalue weighted by Gasteiger charge is 2.44. The number of hydrogen-bond donors (Lipinski definition) is 1. The Morgan fingerprint density at radius 3 is 1.43 bits per heavy atom. The van der Waals surface area contributed by atoms with E-state index in [1.54, 1.807) is 0 Å². The molecule has 0 atom stereocenters. The maximum Gasteiger partial charge on any atom is 0.522 e. The van der Waals surface area contributed by atoms with Gasteiger partial charge in [-0.1, -0.05) is 43.0 Å². The third kappa shape index (κ3) is 6.09. The molecule has 2 aromatic carbocycles. The molecule has 0 aromatic heterocycles. The van der Waals surface area contributed by atoms with Gasteiger partial charge in [0, 0.05) is 0 Å². The zero-order chi connectivity index (χ0) is 17.5. The van der Waals surface area contributed by atoms with Crippen molar-refractivity contribution in [3.8, 4) is 0 Å². The van der Waals surface area contributed by atoms with Gasteiger partial charge >= 0.3 is 15.6 Å². The Hall–Kier alpha value is -1.77. The van der Waals surface area contributed by atoms with Crippen molar-refractivity contribution in [3.63, 3.8) is 0 Å². The molecule has 0 bridgehead atoms. The van der Waals surface area contributed by atoms with Crippen molar-refractivity contribution in [1.29, 1.82) is 0 Å². The summed E-state index contributed by atoms with van der Waals surface area (Å²) in [5.41, 5.74) is -5.53. The predicted molar refractivity (Wildman–Crippen MR) is 84.6 cm³/mol. The summed E-state index contributed by atoms with van der Waals surface area (Å²) in [6.45, 7) is 3.93. The van der Waals surface area contributed by atoms with Crippen LogP contribution in [0, 0.1) is 0 Å². The molecular weight excluding hydrogens is 349 g/mol. The largest absolute Gasteiger partial charge is 0.522 e. The van der Waals surface area contributed by atoms with Crippen LogP contribution in [0.5, 0.6) is 0 Å². The van der Waals surface area contributed by atoms with Crippen molar-refractivity contribution in [2.24, 2.45) is 0 Å². The molecule has 0 aliphatic rings. The van der Waals surface area contributed by atoms with E-state index >= 15 is 0 Å². The molecule has 1 N–H and O–H groups in total. The molecule has 2 aromatic rings. The van der Waals surface area contributed by atoms with E-state index in [4.69, 9.17) is 13.0 Å². The molecule has 0 amide bonds. The van der Waals surface area contributed by atoms with Gasteiger partial charge < -0.3 is 0 Å². The second-order valence-corrected chi connectivity index (χ2v) is 7.42. The molecule has 0 fully saturated rings. The van der Waals surface area contributed by atoms with Gasteiger partial charge in [0.15, 0.2) is 9.79 Å². The first-order valence-electron chi connectivity index (χ1n) is 6.16. The van der Waals surface area contributed by atoms with E-state index in [2.05, 4.69) is 55.1 Å². The highest BCUT2D eigenvalue weighted by molar-refractivity contribution is 7.99.